The van der Waals surface area contributed by atoms with Crippen molar-refractivity contribution in [1.82, 2.24) is 24.5 Å². The average molecular weight is 646 g/mol. The van der Waals surface area contributed by atoms with Gasteiger partial charge in [0.1, 0.15) is 17.6 Å². The van der Waals surface area contributed by atoms with Crippen molar-refractivity contribution in [3.63, 3.8) is 0 Å². The highest BCUT2D eigenvalue weighted by molar-refractivity contribution is 6.03. The summed E-state index contributed by atoms with van der Waals surface area (Å²) in [6.45, 7) is 2.59. The van der Waals surface area contributed by atoms with Crippen LogP contribution in [0.15, 0.2) is 134 Å². The fraction of sp³-hybridized carbons (Fsp3) is 0.171. The summed E-state index contributed by atoms with van der Waals surface area (Å²) >= 11 is 0. The van der Waals surface area contributed by atoms with Crippen LogP contribution < -0.4 is 0 Å². The number of carboxylic acid groups (broad SMARTS) is 1. The zero-order chi connectivity index (χ0) is 33.4. The standard InChI is InChI=1S/C41H35N5O3/c1-28-14-13-21-33(40(47)48)37(28)38-34-26-29(23-24-35(34)46(43-38)36-22-11-12-25-49-36)39-42-27-45(44-39)41(30-15-5-2-6-16-30,31-17-7-3-8-18-31)32-19-9-4-10-20-32/h2-10,13-21,23-24,26-27,36H,11-12,22,25H2,1H3,(H,47,48). The van der Waals surface area contributed by atoms with Crippen molar-refractivity contribution in [2.75, 3.05) is 6.61 Å². The molecule has 8 nitrogen and oxygen atoms in total. The number of benzene rings is 5. The van der Waals surface area contributed by atoms with Gasteiger partial charge in [-0.2, -0.15) is 5.10 Å². The summed E-state index contributed by atoms with van der Waals surface area (Å²) < 4.78 is 10.0. The molecule has 49 heavy (non-hydrogen) atoms. The zero-order valence-corrected chi connectivity index (χ0v) is 27.1. The van der Waals surface area contributed by atoms with Crippen molar-refractivity contribution >= 4 is 16.9 Å². The average Bonchev–Trinajstić information content (AvgIpc) is 3.79. The summed E-state index contributed by atoms with van der Waals surface area (Å²) in [5.41, 5.74) is 6.27. The molecule has 1 fully saturated rings. The molecule has 1 aliphatic rings. The SMILES string of the molecule is Cc1cccc(C(=O)O)c1-c1nn(C2CCCCO2)c2ccc(-c3ncn(C(c4ccccc4)(c4ccccc4)c4ccccc4)n3)cc12. The lowest BCUT2D eigenvalue weighted by Gasteiger charge is -2.35. The quantitative estimate of drug-likeness (QED) is 0.167. The highest BCUT2D eigenvalue weighted by Gasteiger charge is 2.40. The first-order valence-electron chi connectivity index (χ1n) is 16.6. The molecule has 0 spiro atoms. The molecule has 0 radical (unpaired) electrons. The number of rotatable bonds is 8. The third-order valence-electron chi connectivity index (χ3n) is 9.54. The third kappa shape index (κ3) is 5.21. The van der Waals surface area contributed by atoms with E-state index < -0.39 is 11.5 Å². The first-order valence-corrected chi connectivity index (χ1v) is 16.6. The van der Waals surface area contributed by atoms with Gasteiger partial charge in [0, 0.05) is 23.1 Å². The minimum Gasteiger partial charge on any atom is -0.478 e. The van der Waals surface area contributed by atoms with Gasteiger partial charge in [0.25, 0.3) is 0 Å². The molecular weight excluding hydrogens is 610 g/mol. The van der Waals surface area contributed by atoms with E-state index in [1.807, 2.05) is 95.2 Å². The van der Waals surface area contributed by atoms with Gasteiger partial charge in [0.2, 0.25) is 0 Å². The van der Waals surface area contributed by atoms with Gasteiger partial charge in [-0.05, 0) is 72.7 Å². The lowest BCUT2D eigenvalue weighted by atomic mass is 9.77. The van der Waals surface area contributed by atoms with Gasteiger partial charge in [-0.25, -0.2) is 19.1 Å². The molecule has 0 amide bonds. The smallest absolute Gasteiger partial charge is 0.336 e. The number of aromatic carboxylic acids is 1. The topological polar surface area (TPSA) is 95.1 Å². The Labute approximate surface area is 284 Å². The minimum absolute atomic E-state index is 0.210. The highest BCUT2D eigenvalue weighted by Crippen LogP contribution is 2.41. The van der Waals surface area contributed by atoms with Gasteiger partial charge in [-0.15, -0.1) is 5.10 Å². The van der Waals surface area contributed by atoms with Crippen LogP contribution in [0, 0.1) is 6.92 Å². The van der Waals surface area contributed by atoms with Crippen LogP contribution >= 0.6 is 0 Å². The Hall–Kier alpha value is -5.86. The molecule has 0 aliphatic carbocycles. The number of nitrogens with zero attached hydrogens (tertiary/aromatic N) is 5. The van der Waals surface area contributed by atoms with E-state index in [0.717, 1.165) is 58.0 Å². The Morgan fingerprint density at radius 3 is 2.04 bits per heavy atom. The molecule has 1 unspecified atom stereocenters. The molecule has 3 heterocycles. The van der Waals surface area contributed by atoms with Gasteiger partial charge >= 0.3 is 5.97 Å². The molecule has 242 valence electrons. The van der Waals surface area contributed by atoms with E-state index in [-0.39, 0.29) is 11.8 Å². The van der Waals surface area contributed by atoms with E-state index in [0.29, 0.717) is 23.7 Å². The summed E-state index contributed by atoms with van der Waals surface area (Å²) in [6, 6.07) is 42.5. The van der Waals surface area contributed by atoms with Crippen LogP contribution in [0.1, 0.15) is 58.1 Å². The Kier molecular flexibility index (Phi) is 7.86. The molecule has 0 saturated carbocycles. The maximum absolute atomic E-state index is 12.4. The Morgan fingerprint density at radius 2 is 1.45 bits per heavy atom. The fourth-order valence-electron chi connectivity index (χ4n) is 7.25. The largest absolute Gasteiger partial charge is 0.478 e. The van der Waals surface area contributed by atoms with Crippen LogP contribution in [-0.4, -0.2) is 42.2 Å². The summed E-state index contributed by atoms with van der Waals surface area (Å²) in [6.07, 6.45) is 4.46. The molecule has 1 aliphatic heterocycles. The molecule has 8 rings (SSSR count). The van der Waals surface area contributed by atoms with Crippen LogP contribution in [0.5, 0.6) is 0 Å². The molecule has 0 bridgehead atoms. The van der Waals surface area contributed by atoms with E-state index in [1.165, 1.54) is 0 Å². The Bertz CT molecular complexity index is 2160. The van der Waals surface area contributed by atoms with Crippen molar-refractivity contribution < 1.29 is 14.6 Å². The van der Waals surface area contributed by atoms with Crippen molar-refractivity contribution in [3.8, 4) is 22.6 Å². The minimum atomic E-state index is -0.994. The molecule has 2 aromatic heterocycles. The maximum Gasteiger partial charge on any atom is 0.336 e. The van der Waals surface area contributed by atoms with Crippen LogP contribution in [0.2, 0.25) is 0 Å². The van der Waals surface area contributed by atoms with Crippen LogP contribution in [0.4, 0.5) is 0 Å². The van der Waals surface area contributed by atoms with Crippen LogP contribution in [0.3, 0.4) is 0 Å². The molecule has 7 aromatic rings. The molecule has 1 atom stereocenters. The monoisotopic (exact) mass is 645 g/mol. The zero-order valence-electron chi connectivity index (χ0n) is 27.1. The van der Waals surface area contributed by atoms with E-state index in [1.54, 1.807) is 18.5 Å². The second kappa shape index (κ2) is 12.6. The molecule has 8 heteroatoms. The first kappa shape index (κ1) is 30.5. The highest BCUT2D eigenvalue weighted by atomic mass is 16.5. The lowest BCUT2D eigenvalue weighted by molar-refractivity contribution is -0.0365. The molecule has 1 saturated heterocycles. The van der Waals surface area contributed by atoms with E-state index >= 15 is 0 Å². The fourth-order valence-corrected chi connectivity index (χ4v) is 7.25. The first-order chi connectivity index (χ1) is 24.1. The number of aromatic nitrogens is 5. The van der Waals surface area contributed by atoms with Crippen LogP contribution in [0.25, 0.3) is 33.5 Å². The van der Waals surface area contributed by atoms with Gasteiger partial charge in [0.15, 0.2) is 12.1 Å². The molecular formula is C41H35N5O3. The van der Waals surface area contributed by atoms with Gasteiger partial charge < -0.3 is 9.84 Å². The van der Waals surface area contributed by atoms with Crippen molar-refractivity contribution in [3.05, 3.63) is 162 Å². The number of hydrogen-bond acceptors (Lipinski definition) is 5. The van der Waals surface area contributed by atoms with Gasteiger partial charge in [0.05, 0.1) is 11.1 Å². The third-order valence-corrected chi connectivity index (χ3v) is 9.54. The number of carboxylic acids is 1. The maximum atomic E-state index is 12.4. The molecule has 1 N–H and O–H groups in total. The normalized spacial score (nSPS) is 15.0. The second-order valence-corrected chi connectivity index (χ2v) is 12.5. The van der Waals surface area contributed by atoms with E-state index in [4.69, 9.17) is 19.9 Å². The summed E-state index contributed by atoms with van der Waals surface area (Å²) in [5.74, 6) is -0.448. The number of aryl methyl sites for hydroxylation is 1. The Morgan fingerprint density at radius 1 is 0.796 bits per heavy atom. The summed E-state index contributed by atoms with van der Waals surface area (Å²) in [4.78, 5) is 17.3. The summed E-state index contributed by atoms with van der Waals surface area (Å²) in [5, 5.41) is 21.3. The van der Waals surface area contributed by atoms with Crippen molar-refractivity contribution in [1.29, 1.82) is 0 Å². The Balaban J connectivity index is 1.34. The van der Waals surface area contributed by atoms with Crippen LogP contribution in [-0.2, 0) is 10.3 Å². The summed E-state index contributed by atoms with van der Waals surface area (Å²) in [7, 11) is 0. The molecule has 5 aromatic carbocycles. The van der Waals surface area contributed by atoms with E-state index in [9.17, 15) is 9.90 Å². The number of hydrogen-bond donors (Lipinski definition) is 1. The number of fused-ring (bicyclic) bond motifs is 1. The number of carbonyl (C=O) groups is 1. The number of ether oxygens (including phenoxy) is 1. The predicted octanol–water partition coefficient (Wildman–Crippen LogP) is 8.51. The van der Waals surface area contributed by atoms with Gasteiger partial charge in [-0.1, -0.05) is 103 Å². The second-order valence-electron chi connectivity index (χ2n) is 12.5. The predicted molar refractivity (Wildman–Crippen MR) is 189 cm³/mol. The van der Waals surface area contributed by atoms with E-state index in [2.05, 4.69) is 36.4 Å². The van der Waals surface area contributed by atoms with Gasteiger partial charge in [-0.3, -0.25) is 0 Å². The van der Waals surface area contributed by atoms with Crippen molar-refractivity contribution in [2.45, 2.75) is 38.0 Å². The lowest BCUT2D eigenvalue weighted by Crippen LogP contribution is -2.38. The van der Waals surface area contributed by atoms with Crippen molar-refractivity contribution in [2.24, 2.45) is 0 Å².